The predicted molar refractivity (Wildman–Crippen MR) is 117 cm³/mol. The number of aryl methyl sites for hydroxylation is 1. The van der Waals surface area contributed by atoms with Crippen molar-refractivity contribution < 1.29 is 28.1 Å². The Bertz CT molecular complexity index is 1130. The number of nitro groups is 1. The molecule has 0 spiro atoms. The van der Waals surface area contributed by atoms with E-state index < -0.39 is 12.5 Å². The van der Waals surface area contributed by atoms with Crippen LogP contribution in [0.4, 0.5) is 5.69 Å². The second-order valence-electron chi connectivity index (χ2n) is 7.13. The van der Waals surface area contributed by atoms with E-state index >= 15 is 0 Å². The van der Waals surface area contributed by atoms with Gasteiger partial charge in [-0.15, -0.1) is 10.2 Å². The summed E-state index contributed by atoms with van der Waals surface area (Å²) >= 11 is 1.29. The van der Waals surface area contributed by atoms with Gasteiger partial charge in [0, 0.05) is 22.9 Å². The summed E-state index contributed by atoms with van der Waals surface area (Å²) < 4.78 is 22.4. The van der Waals surface area contributed by atoms with Crippen LogP contribution in [0, 0.1) is 17.0 Å². The van der Waals surface area contributed by atoms with Gasteiger partial charge in [0.15, 0.2) is 5.76 Å². The van der Waals surface area contributed by atoms with Gasteiger partial charge in [0.25, 0.3) is 16.8 Å². The summed E-state index contributed by atoms with van der Waals surface area (Å²) in [6.07, 6.45) is 0.184. The van der Waals surface area contributed by atoms with E-state index in [2.05, 4.69) is 15.5 Å². The molecule has 3 aromatic rings. The first-order chi connectivity index (χ1) is 15.1. The Kier molecular flexibility index (Phi) is 7.86. The van der Waals surface area contributed by atoms with Gasteiger partial charge >= 0.3 is 7.60 Å². The highest BCUT2D eigenvalue weighted by Gasteiger charge is 2.20. The average molecular weight is 482 g/mol. The minimum absolute atomic E-state index is 0.0234. The first-order valence-corrected chi connectivity index (χ1v) is 12.4. The topological polar surface area (TPSA) is 165 Å². The molecular weight excluding hydrogens is 459 g/mol. The van der Waals surface area contributed by atoms with E-state index in [1.165, 1.54) is 23.9 Å². The van der Waals surface area contributed by atoms with Crippen molar-refractivity contribution in [3.05, 3.63) is 57.3 Å². The second-order valence-corrected chi connectivity index (χ2v) is 10.2. The van der Waals surface area contributed by atoms with Crippen molar-refractivity contribution in [1.29, 1.82) is 0 Å². The smallest absolute Gasteiger partial charge is 0.325 e. The van der Waals surface area contributed by atoms with Crippen molar-refractivity contribution >= 4 is 25.0 Å². The number of aromatic nitrogens is 2. The van der Waals surface area contributed by atoms with Crippen molar-refractivity contribution in [2.24, 2.45) is 0 Å². The molecule has 3 rings (SSSR count). The van der Waals surface area contributed by atoms with E-state index in [1.807, 2.05) is 19.9 Å². The van der Waals surface area contributed by atoms with Crippen LogP contribution in [-0.4, -0.2) is 37.6 Å². The SMILES string of the molecule is Cc1cc(CNCCCP(=O)(O)O)oc1-c1nnc(SC(C)c2cccc([N+](=O)[O-])c2)o1. The van der Waals surface area contributed by atoms with Crippen LogP contribution in [0.25, 0.3) is 11.7 Å². The molecule has 32 heavy (non-hydrogen) atoms. The van der Waals surface area contributed by atoms with Gasteiger partial charge < -0.3 is 23.9 Å². The van der Waals surface area contributed by atoms with Crippen molar-refractivity contribution in [2.45, 2.75) is 37.3 Å². The van der Waals surface area contributed by atoms with Crippen LogP contribution in [0.1, 0.15) is 35.5 Å². The lowest BCUT2D eigenvalue weighted by molar-refractivity contribution is -0.384. The van der Waals surface area contributed by atoms with E-state index in [9.17, 15) is 14.7 Å². The number of hydrogen-bond acceptors (Lipinski definition) is 9. The molecule has 0 radical (unpaired) electrons. The molecule has 0 amide bonds. The zero-order valence-corrected chi connectivity index (χ0v) is 19.1. The zero-order chi connectivity index (χ0) is 23.3. The Balaban J connectivity index is 1.60. The van der Waals surface area contributed by atoms with E-state index in [4.69, 9.17) is 18.6 Å². The van der Waals surface area contributed by atoms with Crippen LogP contribution in [0.3, 0.4) is 0 Å². The Hall–Kier alpha value is -2.50. The molecule has 0 saturated heterocycles. The van der Waals surface area contributed by atoms with Crippen LogP contribution in [0.15, 0.2) is 44.4 Å². The van der Waals surface area contributed by atoms with Gasteiger partial charge in [-0.3, -0.25) is 14.7 Å². The highest BCUT2D eigenvalue weighted by molar-refractivity contribution is 7.99. The Labute approximate surface area is 187 Å². The molecule has 1 aromatic carbocycles. The Morgan fingerprint density at radius 2 is 2.06 bits per heavy atom. The van der Waals surface area contributed by atoms with Crippen molar-refractivity contribution in [2.75, 3.05) is 12.7 Å². The molecule has 0 aliphatic rings. The summed E-state index contributed by atoms with van der Waals surface area (Å²) in [5.41, 5.74) is 1.60. The summed E-state index contributed by atoms with van der Waals surface area (Å²) in [5, 5.41) is 22.3. The Morgan fingerprint density at radius 3 is 2.78 bits per heavy atom. The fourth-order valence-corrected chi connectivity index (χ4v) is 4.30. The van der Waals surface area contributed by atoms with Crippen LogP contribution in [0.2, 0.25) is 0 Å². The molecule has 0 saturated carbocycles. The third-order valence-corrected chi connectivity index (χ3v) is 6.39. The molecule has 11 nitrogen and oxygen atoms in total. The maximum absolute atomic E-state index is 11.0. The lowest BCUT2D eigenvalue weighted by Crippen LogP contribution is -2.15. The van der Waals surface area contributed by atoms with Crippen molar-refractivity contribution in [3.63, 3.8) is 0 Å². The molecule has 2 heterocycles. The normalized spacial score (nSPS) is 12.8. The molecule has 1 atom stereocenters. The average Bonchev–Trinajstić information content (AvgIpc) is 3.33. The predicted octanol–water partition coefficient (Wildman–Crippen LogP) is 4.06. The molecule has 3 N–H and O–H groups in total. The van der Waals surface area contributed by atoms with E-state index in [0.29, 0.717) is 36.3 Å². The van der Waals surface area contributed by atoms with Crippen molar-refractivity contribution in [3.8, 4) is 11.7 Å². The standard InChI is InChI=1S/C19H23N4O7PS/c1-12-9-16(11-20-7-4-8-31(26,27)28)29-17(12)18-21-22-19(30-18)32-13(2)14-5-3-6-15(10-14)23(24)25/h3,5-6,9-10,13,20H,4,7-8,11H2,1-2H3,(H2,26,27,28). The monoisotopic (exact) mass is 482 g/mol. The number of non-ortho nitro benzene ring substituents is 1. The number of benzene rings is 1. The van der Waals surface area contributed by atoms with Gasteiger partial charge in [-0.1, -0.05) is 23.9 Å². The van der Waals surface area contributed by atoms with Crippen LogP contribution in [0.5, 0.6) is 0 Å². The fraction of sp³-hybridized carbons (Fsp3) is 0.368. The number of nitro benzene ring substituents is 1. The van der Waals surface area contributed by atoms with Gasteiger partial charge in [0.1, 0.15) is 5.76 Å². The molecule has 172 valence electrons. The fourth-order valence-electron chi connectivity index (χ4n) is 2.93. The Morgan fingerprint density at radius 1 is 1.28 bits per heavy atom. The maximum atomic E-state index is 11.0. The molecule has 1 unspecified atom stereocenters. The van der Waals surface area contributed by atoms with Gasteiger partial charge in [0.2, 0.25) is 0 Å². The molecule has 2 aromatic heterocycles. The highest BCUT2D eigenvalue weighted by Crippen LogP contribution is 2.37. The second kappa shape index (κ2) is 10.4. The molecule has 0 aliphatic heterocycles. The number of thioether (sulfide) groups is 1. The first-order valence-electron chi connectivity index (χ1n) is 9.72. The van der Waals surface area contributed by atoms with E-state index in [-0.39, 0.29) is 23.0 Å². The van der Waals surface area contributed by atoms with Crippen molar-refractivity contribution in [1.82, 2.24) is 15.5 Å². The summed E-state index contributed by atoms with van der Waals surface area (Å²) in [6.45, 7) is 4.57. The minimum Gasteiger partial charge on any atom is -0.454 e. The van der Waals surface area contributed by atoms with Gasteiger partial charge in [-0.2, -0.15) is 0 Å². The molecule has 0 fully saturated rings. The lowest BCUT2D eigenvalue weighted by atomic mass is 10.1. The lowest BCUT2D eigenvalue weighted by Gasteiger charge is -2.08. The number of furan rings is 1. The van der Waals surface area contributed by atoms with E-state index in [0.717, 1.165) is 11.1 Å². The summed E-state index contributed by atoms with van der Waals surface area (Å²) in [7, 11) is -3.98. The zero-order valence-electron chi connectivity index (χ0n) is 17.4. The molecule has 0 bridgehead atoms. The summed E-state index contributed by atoms with van der Waals surface area (Å²) in [4.78, 5) is 28.3. The minimum atomic E-state index is -3.98. The first kappa shape index (κ1) is 24.1. The number of hydrogen-bond donors (Lipinski definition) is 3. The molecular formula is C19H23N4O7PS. The highest BCUT2D eigenvalue weighted by atomic mass is 32.2. The molecule has 0 aliphatic carbocycles. The number of nitrogens with zero attached hydrogens (tertiary/aromatic N) is 3. The number of nitrogens with one attached hydrogen (secondary N) is 1. The van der Waals surface area contributed by atoms with Crippen LogP contribution in [-0.2, 0) is 11.1 Å². The maximum Gasteiger partial charge on any atom is 0.325 e. The van der Waals surface area contributed by atoms with Gasteiger partial charge in [-0.05, 0) is 38.4 Å². The third kappa shape index (κ3) is 6.75. The summed E-state index contributed by atoms with van der Waals surface area (Å²) in [6, 6.07) is 8.23. The third-order valence-electron chi connectivity index (χ3n) is 4.50. The molecule has 13 heteroatoms. The quantitative estimate of drug-likeness (QED) is 0.119. The van der Waals surface area contributed by atoms with Crippen LogP contribution < -0.4 is 5.32 Å². The van der Waals surface area contributed by atoms with Gasteiger partial charge in [0.05, 0.1) is 17.6 Å². The largest absolute Gasteiger partial charge is 0.454 e. The van der Waals surface area contributed by atoms with E-state index in [1.54, 1.807) is 12.1 Å². The van der Waals surface area contributed by atoms with Gasteiger partial charge in [-0.25, -0.2) is 0 Å². The van der Waals surface area contributed by atoms with Crippen LogP contribution >= 0.6 is 19.4 Å². The summed E-state index contributed by atoms with van der Waals surface area (Å²) in [5.74, 6) is 1.30. The number of rotatable bonds is 11.